The van der Waals surface area contributed by atoms with Crippen LogP contribution in [-0.4, -0.2) is 39.5 Å². The van der Waals surface area contributed by atoms with Crippen molar-refractivity contribution in [3.63, 3.8) is 0 Å². The summed E-state index contributed by atoms with van der Waals surface area (Å²) in [5, 5.41) is 7.63. The van der Waals surface area contributed by atoms with Gasteiger partial charge in [0.25, 0.3) is 0 Å². The molecule has 0 unspecified atom stereocenters. The highest BCUT2D eigenvalue weighted by atomic mass is 16.5. The van der Waals surface area contributed by atoms with E-state index in [2.05, 4.69) is 10.4 Å². The Morgan fingerprint density at radius 1 is 1.20 bits per heavy atom. The molecule has 0 spiro atoms. The summed E-state index contributed by atoms with van der Waals surface area (Å²) in [5.74, 6) is 1.78. The number of rotatable bonds is 5. The maximum atomic E-state index is 12.5. The molecule has 1 amide bonds. The van der Waals surface area contributed by atoms with Gasteiger partial charge in [0.1, 0.15) is 5.82 Å². The minimum absolute atomic E-state index is 0.0917. The van der Waals surface area contributed by atoms with E-state index >= 15 is 0 Å². The smallest absolute Gasteiger partial charge is 0.345 e. The normalized spacial score (nSPS) is 25.0. The van der Waals surface area contributed by atoms with Gasteiger partial charge in [0, 0.05) is 46.2 Å². The fourth-order valence-electron chi connectivity index (χ4n) is 4.14. The van der Waals surface area contributed by atoms with E-state index in [0.717, 1.165) is 57.6 Å². The lowest BCUT2D eigenvalue weighted by atomic mass is 9.82. The maximum absolute atomic E-state index is 12.5. The van der Waals surface area contributed by atoms with E-state index in [0.29, 0.717) is 18.3 Å². The average molecular weight is 350 g/mol. The molecule has 2 aliphatic rings. The molecule has 1 N–H and O–H groups in total. The Morgan fingerprint density at radius 2 is 1.92 bits per heavy atom. The van der Waals surface area contributed by atoms with Crippen LogP contribution in [0.2, 0.25) is 0 Å². The van der Waals surface area contributed by atoms with Gasteiger partial charge in [0.15, 0.2) is 0 Å². The highest BCUT2D eigenvalue weighted by Crippen LogP contribution is 2.27. The molecule has 25 heavy (non-hydrogen) atoms. The summed E-state index contributed by atoms with van der Waals surface area (Å²) in [6.45, 7) is 1.55. The Bertz CT molecular complexity index is 645. The third kappa shape index (κ3) is 4.51. The minimum atomic E-state index is -0.0917. The minimum Gasteiger partial charge on any atom is -0.381 e. The summed E-state index contributed by atoms with van der Waals surface area (Å²) in [7, 11) is 3.45. The van der Waals surface area contributed by atoms with E-state index < -0.39 is 0 Å². The molecule has 3 rings (SSSR count). The van der Waals surface area contributed by atoms with Crippen molar-refractivity contribution in [3.8, 4) is 0 Å². The Balaban J connectivity index is 1.59. The number of carbonyl (C=O) groups excluding carboxylic acids is 1. The van der Waals surface area contributed by atoms with Crippen LogP contribution < -0.4 is 11.0 Å². The van der Waals surface area contributed by atoms with Gasteiger partial charge in [-0.25, -0.2) is 9.48 Å². The topological polar surface area (TPSA) is 78.2 Å². The number of carbonyl (C=O) groups is 1. The van der Waals surface area contributed by atoms with Crippen LogP contribution in [0.25, 0.3) is 0 Å². The molecule has 1 aliphatic heterocycles. The van der Waals surface area contributed by atoms with Crippen molar-refractivity contribution in [3.05, 3.63) is 16.3 Å². The number of aromatic nitrogens is 3. The fourth-order valence-corrected chi connectivity index (χ4v) is 4.14. The number of aryl methyl sites for hydroxylation is 1. The molecule has 2 heterocycles. The lowest BCUT2D eigenvalue weighted by molar-refractivity contribution is -0.124. The zero-order valence-electron chi connectivity index (χ0n) is 15.4. The molecule has 7 heteroatoms. The van der Waals surface area contributed by atoms with Crippen LogP contribution in [0.4, 0.5) is 0 Å². The second kappa shape index (κ2) is 8.17. The van der Waals surface area contributed by atoms with Gasteiger partial charge in [-0.2, -0.15) is 5.10 Å². The molecule has 1 aliphatic carbocycles. The predicted molar refractivity (Wildman–Crippen MR) is 94.2 cm³/mol. The van der Waals surface area contributed by atoms with Gasteiger partial charge in [0.05, 0.1) is 0 Å². The zero-order valence-corrected chi connectivity index (χ0v) is 15.4. The lowest BCUT2D eigenvalue weighted by Gasteiger charge is -2.32. The van der Waals surface area contributed by atoms with Gasteiger partial charge in [-0.15, -0.1) is 0 Å². The molecule has 0 radical (unpaired) electrons. The van der Waals surface area contributed by atoms with Crippen molar-refractivity contribution < 1.29 is 9.53 Å². The second-order valence-corrected chi connectivity index (χ2v) is 7.56. The quantitative estimate of drug-likeness (QED) is 0.864. The van der Waals surface area contributed by atoms with Crippen LogP contribution in [0.3, 0.4) is 0 Å². The Hall–Kier alpha value is -1.63. The zero-order chi connectivity index (χ0) is 17.8. The van der Waals surface area contributed by atoms with Crippen LogP contribution in [-0.2, 0) is 30.0 Å². The van der Waals surface area contributed by atoms with Gasteiger partial charge in [-0.3, -0.25) is 9.36 Å². The third-order valence-electron chi connectivity index (χ3n) is 5.73. The van der Waals surface area contributed by atoms with Crippen LogP contribution in [0.5, 0.6) is 0 Å². The Kier molecular flexibility index (Phi) is 5.93. The summed E-state index contributed by atoms with van der Waals surface area (Å²) < 4.78 is 8.38. The number of amides is 1. The number of nitrogens with one attached hydrogen (secondary N) is 1. The van der Waals surface area contributed by atoms with Crippen LogP contribution in [0.15, 0.2) is 4.79 Å². The summed E-state index contributed by atoms with van der Waals surface area (Å²) in [6, 6.07) is 0.193. The van der Waals surface area contributed by atoms with Gasteiger partial charge in [0.2, 0.25) is 5.91 Å². The Morgan fingerprint density at radius 3 is 2.60 bits per heavy atom. The van der Waals surface area contributed by atoms with Gasteiger partial charge in [-0.05, 0) is 37.5 Å². The van der Waals surface area contributed by atoms with E-state index in [1.807, 2.05) is 0 Å². The highest BCUT2D eigenvalue weighted by Gasteiger charge is 2.29. The molecule has 1 aromatic heterocycles. The first kappa shape index (κ1) is 18.2. The lowest BCUT2D eigenvalue weighted by Crippen LogP contribution is -2.44. The molecular formula is C18H30N4O3. The first-order valence-electron chi connectivity index (χ1n) is 9.50. The number of hydrogen-bond donors (Lipinski definition) is 1. The first-order chi connectivity index (χ1) is 12.0. The van der Waals surface area contributed by atoms with Gasteiger partial charge in [-0.1, -0.05) is 12.8 Å². The SMILES string of the molecule is Cn1nc(C[C@H]2CCCC[C@H]2NC(=O)CC2CCOCC2)n(C)c1=O. The van der Waals surface area contributed by atoms with Crippen molar-refractivity contribution >= 4 is 5.91 Å². The monoisotopic (exact) mass is 350 g/mol. The van der Waals surface area contributed by atoms with E-state index in [1.165, 1.54) is 11.1 Å². The van der Waals surface area contributed by atoms with Crippen LogP contribution in [0.1, 0.15) is 50.8 Å². The van der Waals surface area contributed by atoms with Gasteiger partial charge >= 0.3 is 5.69 Å². The second-order valence-electron chi connectivity index (χ2n) is 7.56. The summed E-state index contributed by atoms with van der Waals surface area (Å²) in [6.07, 6.45) is 7.74. The fraction of sp³-hybridized carbons (Fsp3) is 0.833. The largest absolute Gasteiger partial charge is 0.381 e. The molecule has 7 nitrogen and oxygen atoms in total. The summed E-state index contributed by atoms with van der Waals surface area (Å²) in [4.78, 5) is 24.4. The van der Waals surface area contributed by atoms with E-state index in [9.17, 15) is 9.59 Å². The van der Waals surface area contributed by atoms with Crippen molar-refractivity contribution in [2.45, 2.75) is 57.4 Å². The molecule has 1 aromatic rings. The van der Waals surface area contributed by atoms with Gasteiger partial charge < -0.3 is 10.1 Å². The summed E-state index contributed by atoms with van der Waals surface area (Å²) in [5.41, 5.74) is -0.0917. The molecular weight excluding hydrogens is 320 g/mol. The van der Waals surface area contributed by atoms with E-state index in [4.69, 9.17) is 4.74 Å². The standard InChI is InChI=1S/C18H30N4O3/c1-21-16(20-22(2)18(21)24)12-14-5-3-4-6-15(14)19-17(23)11-13-7-9-25-10-8-13/h13-15H,3-12H2,1-2H3,(H,19,23)/t14-,15-/m1/s1. The van der Waals surface area contributed by atoms with Crippen molar-refractivity contribution in [2.75, 3.05) is 13.2 Å². The van der Waals surface area contributed by atoms with Crippen molar-refractivity contribution in [2.24, 2.45) is 25.9 Å². The highest BCUT2D eigenvalue weighted by molar-refractivity contribution is 5.76. The first-order valence-corrected chi connectivity index (χ1v) is 9.50. The average Bonchev–Trinajstić information content (AvgIpc) is 2.84. The predicted octanol–water partition coefficient (Wildman–Crippen LogP) is 1.15. The van der Waals surface area contributed by atoms with Crippen LogP contribution >= 0.6 is 0 Å². The molecule has 2 atom stereocenters. The Labute approximate surface area is 148 Å². The van der Waals surface area contributed by atoms with E-state index in [-0.39, 0.29) is 17.6 Å². The number of nitrogens with zero attached hydrogens (tertiary/aromatic N) is 3. The molecule has 2 fully saturated rings. The molecule has 0 aromatic carbocycles. The third-order valence-corrected chi connectivity index (χ3v) is 5.73. The maximum Gasteiger partial charge on any atom is 0.345 e. The van der Waals surface area contributed by atoms with E-state index in [1.54, 1.807) is 18.7 Å². The number of ether oxygens (including phenoxy) is 1. The van der Waals surface area contributed by atoms with Crippen molar-refractivity contribution in [1.82, 2.24) is 19.7 Å². The molecule has 0 bridgehead atoms. The van der Waals surface area contributed by atoms with Crippen LogP contribution in [0, 0.1) is 11.8 Å². The molecule has 1 saturated carbocycles. The summed E-state index contributed by atoms with van der Waals surface area (Å²) >= 11 is 0. The number of hydrogen-bond acceptors (Lipinski definition) is 4. The molecule has 140 valence electrons. The van der Waals surface area contributed by atoms with Crippen molar-refractivity contribution in [1.29, 1.82) is 0 Å². The molecule has 1 saturated heterocycles.